The molecule has 0 aliphatic carbocycles. The lowest BCUT2D eigenvalue weighted by molar-refractivity contribution is 0.0718. The number of anilines is 1. The van der Waals surface area contributed by atoms with Crippen LogP contribution in [0, 0.1) is 0 Å². The van der Waals surface area contributed by atoms with Crippen LogP contribution in [0.2, 0.25) is 5.02 Å². The topological polar surface area (TPSA) is 32.3 Å². The molecule has 1 rings (SSSR count). The maximum atomic E-state index is 12.4. The molecule has 0 fully saturated rings. The first-order chi connectivity index (χ1) is 8.01. The van der Waals surface area contributed by atoms with Crippen molar-refractivity contribution in [3.63, 3.8) is 0 Å². The quantitative estimate of drug-likeness (QED) is 0.895. The molecule has 1 aromatic rings. The van der Waals surface area contributed by atoms with E-state index < -0.39 is 0 Å². The van der Waals surface area contributed by atoms with Crippen LogP contribution in [0.3, 0.4) is 0 Å². The van der Waals surface area contributed by atoms with Gasteiger partial charge < -0.3 is 10.2 Å². The first kappa shape index (κ1) is 13.8. The molecule has 0 saturated carbocycles. The molecule has 0 aliphatic heterocycles. The third-order valence-corrected chi connectivity index (χ3v) is 2.94. The largest absolute Gasteiger partial charge is 0.387 e. The fourth-order valence-electron chi connectivity index (χ4n) is 1.81. The van der Waals surface area contributed by atoms with Crippen LogP contribution in [0.4, 0.5) is 5.69 Å². The van der Waals surface area contributed by atoms with Gasteiger partial charge in [0.2, 0.25) is 0 Å². The lowest BCUT2D eigenvalue weighted by Crippen LogP contribution is -2.37. The Morgan fingerprint density at radius 3 is 2.59 bits per heavy atom. The molecular formula is C13H19ClN2O. The highest BCUT2D eigenvalue weighted by Gasteiger charge is 2.19. The van der Waals surface area contributed by atoms with Gasteiger partial charge in [-0.1, -0.05) is 11.6 Å². The highest BCUT2D eigenvalue weighted by atomic mass is 35.5. The Bertz CT molecular complexity index is 404. The van der Waals surface area contributed by atoms with E-state index in [9.17, 15) is 4.79 Å². The molecule has 0 aliphatic rings. The predicted octanol–water partition coefficient (Wildman–Crippen LogP) is 3.25. The van der Waals surface area contributed by atoms with Gasteiger partial charge in [-0.25, -0.2) is 0 Å². The van der Waals surface area contributed by atoms with E-state index >= 15 is 0 Å². The molecule has 94 valence electrons. The summed E-state index contributed by atoms with van der Waals surface area (Å²) in [6.45, 7) is 6.67. The minimum Gasteiger partial charge on any atom is -0.387 e. The molecule has 0 bridgehead atoms. The van der Waals surface area contributed by atoms with Crippen molar-refractivity contribution in [1.82, 2.24) is 4.90 Å². The number of rotatable bonds is 4. The Hall–Kier alpha value is -1.22. The zero-order valence-corrected chi connectivity index (χ0v) is 11.5. The van der Waals surface area contributed by atoms with Crippen LogP contribution in [0.5, 0.6) is 0 Å². The molecule has 0 atom stereocenters. The molecule has 0 heterocycles. The van der Waals surface area contributed by atoms with Crippen LogP contribution >= 0.6 is 11.6 Å². The average molecular weight is 255 g/mol. The summed E-state index contributed by atoms with van der Waals surface area (Å²) in [5.74, 6) is 0.00866. The zero-order chi connectivity index (χ0) is 13.0. The van der Waals surface area contributed by atoms with Crippen molar-refractivity contribution < 1.29 is 4.79 Å². The number of amides is 1. The van der Waals surface area contributed by atoms with Gasteiger partial charge in [0.15, 0.2) is 0 Å². The van der Waals surface area contributed by atoms with E-state index in [1.807, 2.05) is 31.7 Å². The van der Waals surface area contributed by atoms with Crippen molar-refractivity contribution in [3.8, 4) is 0 Å². The summed E-state index contributed by atoms with van der Waals surface area (Å²) in [4.78, 5) is 14.2. The number of nitrogens with one attached hydrogen (secondary N) is 1. The minimum absolute atomic E-state index is 0.00866. The van der Waals surface area contributed by atoms with Crippen molar-refractivity contribution in [2.75, 3.05) is 18.9 Å². The molecule has 1 amide bonds. The first-order valence-electron chi connectivity index (χ1n) is 5.79. The summed E-state index contributed by atoms with van der Waals surface area (Å²) < 4.78 is 0. The molecule has 3 nitrogen and oxygen atoms in total. The maximum absolute atomic E-state index is 12.4. The molecular weight excluding hydrogens is 236 g/mol. The lowest BCUT2D eigenvalue weighted by atomic mass is 10.1. The normalized spacial score (nSPS) is 10.5. The Labute approximate surface area is 108 Å². The second-order valence-corrected chi connectivity index (χ2v) is 4.56. The van der Waals surface area contributed by atoms with Crippen LogP contribution in [0.15, 0.2) is 18.2 Å². The van der Waals surface area contributed by atoms with Crippen molar-refractivity contribution in [1.29, 1.82) is 0 Å². The van der Waals surface area contributed by atoms with E-state index in [0.29, 0.717) is 17.1 Å². The van der Waals surface area contributed by atoms with Gasteiger partial charge in [-0.15, -0.1) is 0 Å². The highest BCUT2D eigenvalue weighted by molar-refractivity contribution is 6.31. The zero-order valence-electron chi connectivity index (χ0n) is 10.7. The summed E-state index contributed by atoms with van der Waals surface area (Å²) in [6, 6.07) is 5.48. The van der Waals surface area contributed by atoms with E-state index in [1.165, 1.54) is 0 Å². The summed E-state index contributed by atoms with van der Waals surface area (Å²) in [7, 11) is 1.80. The van der Waals surface area contributed by atoms with Crippen molar-refractivity contribution in [2.45, 2.75) is 26.8 Å². The van der Waals surface area contributed by atoms with Crippen LogP contribution in [-0.2, 0) is 0 Å². The SMILES string of the molecule is CCN(C(=O)c1cc(Cl)ccc1NC)C(C)C. The fraction of sp³-hybridized carbons (Fsp3) is 0.462. The van der Waals surface area contributed by atoms with Crippen LogP contribution in [-0.4, -0.2) is 30.4 Å². The number of halogens is 1. The van der Waals surface area contributed by atoms with E-state index in [-0.39, 0.29) is 11.9 Å². The number of hydrogen-bond acceptors (Lipinski definition) is 2. The molecule has 4 heteroatoms. The number of hydrogen-bond donors (Lipinski definition) is 1. The van der Waals surface area contributed by atoms with E-state index in [2.05, 4.69) is 5.32 Å². The fourth-order valence-corrected chi connectivity index (χ4v) is 1.98. The summed E-state index contributed by atoms with van der Waals surface area (Å²) in [5.41, 5.74) is 1.43. The van der Waals surface area contributed by atoms with Gasteiger partial charge in [0.25, 0.3) is 5.91 Å². The number of carbonyl (C=O) groups excluding carboxylic acids is 1. The summed E-state index contributed by atoms with van der Waals surface area (Å²) in [5, 5.41) is 3.59. The van der Waals surface area contributed by atoms with Crippen molar-refractivity contribution in [3.05, 3.63) is 28.8 Å². The third kappa shape index (κ3) is 3.13. The Kier molecular flexibility index (Phi) is 4.82. The first-order valence-corrected chi connectivity index (χ1v) is 6.17. The van der Waals surface area contributed by atoms with Crippen LogP contribution in [0.25, 0.3) is 0 Å². The Balaban J connectivity index is 3.13. The predicted molar refractivity (Wildman–Crippen MR) is 72.8 cm³/mol. The van der Waals surface area contributed by atoms with E-state index in [0.717, 1.165) is 5.69 Å². The second kappa shape index (κ2) is 5.92. The Morgan fingerprint density at radius 1 is 1.47 bits per heavy atom. The van der Waals surface area contributed by atoms with Gasteiger partial charge in [0, 0.05) is 30.3 Å². The average Bonchev–Trinajstić information content (AvgIpc) is 2.29. The number of benzene rings is 1. The van der Waals surface area contributed by atoms with E-state index in [4.69, 9.17) is 11.6 Å². The van der Waals surface area contributed by atoms with Crippen molar-refractivity contribution in [2.24, 2.45) is 0 Å². The van der Waals surface area contributed by atoms with Gasteiger partial charge >= 0.3 is 0 Å². The minimum atomic E-state index is 0.00866. The highest BCUT2D eigenvalue weighted by Crippen LogP contribution is 2.22. The smallest absolute Gasteiger partial charge is 0.256 e. The summed E-state index contributed by atoms with van der Waals surface area (Å²) in [6.07, 6.45) is 0. The monoisotopic (exact) mass is 254 g/mol. The molecule has 0 aromatic heterocycles. The maximum Gasteiger partial charge on any atom is 0.256 e. The van der Waals surface area contributed by atoms with Gasteiger partial charge in [-0.05, 0) is 39.0 Å². The van der Waals surface area contributed by atoms with Gasteiger partial charge in [0.1, 0.15) is 0 Å². The van der Waals surface area contributed by atoms with Crippen molar-refractivity contribution >= 4 is 23.2 Å². The number of nitrogens with zero attached hydrogens (tertiary/aromatic N) is 1. The van der Waals surface area contributed by atoms with Crippen LogP contribution in [0.1, 0.15) is 31.1 Å². The summed E-state index contributed by atoms with van der Waals surface area (Å²) >= 11 is 5.95. The van der Waals surface area contributed by atoms with Gasteiger partial charge in [-0.2, -0.15) is 0 Å². The molecule has 0 radical (unpaired) electrons. The molecule has 1 N–H and O–H groups in total. The molecule has 0 saturated heterocycles. The van der Waals surface area contributed by atoms with Gasteiger partial charge in [0.05, 0.1) is 5.56 Å². The second-order valence-electron chi connectivity index (χ2n) is 4.12. The molecule has 17 heavy (non-hydrogen) atoms. The third-order valence-electron chi connectivity index (χ3n) is 2.71. The lowest BCUT2D eigenvalue weighted by Gasteiger charge is -2.26. The standard InChI is InChI=1S/C13H19ClN2O/c1-5-16(9(2)3)13(17)11-8-10(14)6-7-12(11)15-4/h6-9,15H,5H2,1-4H3. The van der Waals surface area contributed by atoms with E-state index in [1.54, 1.807) is 19.2 Å². The molecule has 0 spiro atoms. The molecule has 1 aromatic carbocycles. The Morgan fingerprint density at radius 2 is 2.12 bits per heavy atom. The number of carbonyl (C=O) groups is 1. The molecule has 0 unspecified atom stereocenters. The van der Waals surface area contributed by atoms with Gasteiger partial charge in [-0.3, -0.25) is 4.79 Å². The van der Waals surface area contributed by atoms with Crippen LogP contribution < -0.4 is 5.32 Å².